The maximum Gasteiger partial charge on any atom is 0.127 e. The minimum atomic E-state index is -0.448. The summed E-state index contributed by atoms with van der Waals surface area (Å²) < 4.78 is 19.3. The zero-order valence-electron chi connectivity index (χ0n) is 11.1. The van der Waals surface area contributed by atoms with E-state index in [1.54, 1.807) is 19.1 Å². The summed E-state index contributed by atoms with van der Waals surface area (Å²) in [6.45, 7) is 2.36. The van der Waals surface area contributed by atoms with Crippen LogP contribution in [-0.4, -0.2) is 6.61 Å². The maximum absolute atomic E-state index is 13.7. The van der Waals surface area contributed by atoms with Crippen LogP contribution in [-0.2, 0) is 6.42 Å². The third kappa shape index (κ3) is 2.28. The van der Waals surface area contributed by atoms with Crippen LogP contribution < -0.4 is 10.5 Å². The topological polar surface area (TPSA) is 35.2 Å². The van der Waals surface area contributed by atoms with E-state index in [1.807, 2.05) is 12.1 Å². The summed E-state index contributed by atoms with van der Waals surface area (Å²) in [5, 5.41) is 0.632. The van der Waals surface area contributed by atoms with Crippen LogP contribution in [0.4, 0.5) is 4.39 Å². The van der Waals surface area contributed by atoms with E-state index in [2.05, 4.69) is 0 Å². The zero-order valence-corrected chi connectivity index (χ0v) is 11.9. The van der Waals surface area contributed by atoms with E-state index in [0.29, 0.717) is 22.8 Å². The molecule has 2 aromatic rings. The molecule has 20 heavy (non-hydrogen) atoms. The van der Waals surface area contributed by atoms with Gasteiger partial charge in [0.15, 0.2) is 0 Å². The van der Waals surface area contributed by atoms with Gasteiger partial charge in [-0.3, -0.25) is 0 Å². The molecular formula is C16H15ClFNO. The molecule has 2 aromatic carbocycles. The van der Waals surface area contributed by atoms with Gasteiger partial charge in [-0.1, -0.05) is 23.7 Å². The van der Waals surface area contributed by atoms with Crippen LogP contribution in [0.25, 0.3) is 0 Å². The van der Waals surface area contributed by atoms with Gasteiger partial charge in [0.25, 0.3) is 0 Å². The first kappa shape index (κ1) is 13.4. The Morgan fingerprint density at radius 3 is 2.85 bits per heavy atom. The van der Waals surface area contributed by atoms with E-state index in [1.165, 1.54) is 6.07 Å². The van der Waals surface area contributed by atoms with Crippen LogP contribution in [0, 0.1) is 12.7 Å². The van der Waals surface area contributed by atoms with E-state index in [9.17, 15) is 4.39 Å². The number of hydrogen-bond donors (Lipinski definition) is 1. The van der Waals surface area contributed by atoms with Crippen LogP contribution in [0.2, 0.25) is 5.02 Å². The fraction of sp³-hybridized carbons (Fsp3) is 0.250. The molecule has 0 spiro atoms. The summed E-state index contributed by atoms with van der Waals surface area (Å²) in [5.41, 5.74) is 9.47. The second-order valence-electron chi connectivity index (χ2n) is 5.07. The first-order valence-corrected chi connectivity index (χ1v) is 6.91. The van der Waals surface area contributed by atoms with Gasteiger partial charge in [0.1, 0.15) is 11.6 Å². The maximum atomic E-state index is 13.7. The van der Waals surface area contributed by atoms with E-state index in [4.69, 9.17) is 22.1 Å². The molecule has 0 radical (unpaired) electrons. The Kier molecular flexibility index (Phi) is 3.40. The minimum Gasteiger partial charge on any atom is -0.493 e. The molecule has 0 aromatic heterocycles. The fourth-order valence-corrected chi connectivity index (χ4v) is 2.76. The molecule has 0 saturated carbocycles. The first-order valence-electron chi connectivity index (χ1n) is 6.53. The quantitative estimate of drug-likeness (QED) is 0.914. The van der Waals surface area contributed by atoms with Crippen molar-refractivity contribution in [2.24, 2.45) is 5.73 Å². The molecule has 0 saturated heterocycles. The molecule has 1 aliphatic rings. The average Bonchev–Trinajstić information content (AvgIpc) is 2.88. The summed E-state index contributed by atoms with van der Waals surface area (Å²) in [6.07, 6.45) is 0.831. The lowest BCUT2D eigenvalue weighted by Crippen LogP contribution is -2.13. The van der Waals surface area contributed by atoms with Gasteiger partial charge >= 0.3 is 0 Å². The van der Waals surface area contributed by atoms with E-state index < -0.39 is 6.04 Å². The highest BCUT2D eigenvalue weighted by atomic mass is 35.5. The molecule has 1 aliphatic heterocycles. The highest BCUT2D eigenvalue weighted by molar-refractivity contribution is 6.30. The van der Waals surface area contributed by atoms with E-state index >= 15 is 0 Å². The van der Waals surface area contributed by atoms with Crippen molar-refractivity contribution in [3.63, 3.8) is 0 Å². The van der Waals surface area contributed by atoms with Crippen molar-refractivity contribution in [2.45, 2.75) is 19.4 Å². The highest BCUT2D eigenvalue weighted by Crippen LogP contribution is 2.37. The Morgan fingerprint density at radius 2 is 2.10 bits per heavy atom. The molecule has 1 unspecified atom stereocenters. The van der Waals surface area contributed by atoms with Crippen LogP contribution in [0.5, 0.6) is 5.75 Å². The fourth-order valence-electron chi connectivity index (χ4n) is 2.51. The van der Waals surface area contributed by atoms with Gasteiger partial charge in [-0.15, -0.1) is 0 Å². The van der Waals surface area contributed by atoms with Gasteiger partial charge in [0.2, 0.25) is 0 Å². The van der Waals surface area contributed by atoms with Gasteiger partial charge < -0.3 is 10.5 Å². The summed E-state index contributed by atoms with van der Waals surface area (Å²) in [4.78, 5) is 0. The number of ether oxygens (including phenoxy) is 1. The van der Waals surface area contributed by atoms with Crippen molar-refractivity contribution in [1.29, 1.82) is 0 Å². The van der Waals surface area contributed by atoms with Gasteiger partial charge in [0, 0.05) is 17.0 Å². The van der Waals surface area contributed by atoms with Crippen molar-refractivity contribution in [3.8, 4) is 5.75 Å². The van der Waals surface area contributed by atoms with Gasteiger partial charge in [0.05, 0.1) is 12.6 Å². The van der Waals surface area contributed by atoms with E-state index in [0.717, 1.165) is 23.3 Å². The first-order chi connectivity index (χ1) is 9.56. The smallest absolute Gasteiger partial charge is 0.127 e. The Labute approximate surface area is 122 Å². The number of hydrogen-bond acceptors (Lipinski definition) is 2. The largest absolute Gasteiger partial charge is 0.493 e. The second kappa shape index (κ2) is 5.08. The second-order valence-corrected chi connectivity index (χ2v) is 5.50. The minimum absolute atomic E-state index is 0.252. The van der Waals surface area contributed by atoms with Crippen LogP contribution >= 0.6 is 11.6 Å². The third-order valence-corrected chi connectivity index (χ3v) is 3.89. The van der Waals surface area contributed by atoms with Crippen molar-refractivity contribution >= 4 is 11.6 Å². The number of halogens is 2. The SMILES string of the molecule is Cc1ccc(C(N)c2cc(Cl)cc3c2OCC3)cc1F. The van der Waals surface area contributed by atoms with Crippen molar-refractivity contribution in [3.05, 3.63) is 63.4 Å². The number of aryl methyl sites for hydroxylation is 1. The molecule has 2 N–H and O–H groups in total. The molecular weight excluding hydrogens is 277 g/mol. The number of fused-ring (bicyclic) bond motifs is 1. The highest BCUT2D eigenvalue weighted by Gasteiger charge is 2.22. The van der Waals surface area contributed by atoms with Crippen molar-refractivity contribution < 1.29 is 9.13 Å². The van der Waals surface area contributed by atoms with Gasteiger partial charge in [-0.05, 0) is 41.8 Å². The van der Waals surface area contributed by atoms with Crippen LogP contribution in [0.3, 0.4) is 0 Å². The predicted octanol–water partition coefficient (Wildman–Crippen LogP) is 3.77. The van der Waals surface area contributed by atoms with E-state index in [-0.39, 0.29) is 5.82 Å². The Balaban J connectivity index is 2.06. The Hall–Kier alpha value is -1.58. The molecule has 0 aliphatic carbocycles. The lowest BCUT2D eigenvalue weighted by molar-refractivity contribution is 0.352. The average molecular weight is 292 g/mol. The summed E-state index contributed by atoms with van der Waals surface area (Å²) >= 11 is 6.13. The normalized spacial score (nSPS) is 14.8. The van der Waals surface area contributed by atoms with Crippen molar-refractivity contribution in [1.82, 2.24) is 0 Å². The molecule has 0 fully saturated rings. The molecule has 1 heterocycles. The lowest BCUT2D eigenvalue weighted by atomic mass is 9.96. The summed E-state index contributed by atoms with van der Waals surface area (Å²) in [7, 11) is 0. The lowest BCUT2D eigenvalue weighted by Gasteiger charge is -2.17. The Morgan fingerprint density at radius 1 is 1.30 bits per heavy atom. The molecule has 104 valence electrons. The number of benzene rings is 2. The molecule has 4 heteroatoms. The molecule has 0 bridgehead atoms. The molecule has 3 rings (SSSR count). The number of rotatable bonds is 2. The molecule has 1 atom stereocenters. The van der Waals surface area contributed by atoms with Crippen LogP contribution in [0.15, 0.2) is 30.3 Å². The summed E-state index contributed by atoms with van der Waals surface area (Å²) in [6, 6.07) is 8.30. The number of nitrogens with two attached hydrogens (primary N) is 1. The zero-order chi connectivity index (χ0) is 14.3. The van der Waals surface area contributed by atoms with Gasteiger partial charge in [-0.25, -0.2) is 4.39 Å². The predicted molar refractivity (Wildman–Crippen MR) is 77.8 cm³/mol. The summed E-state index contributed by atoms with van der Waals surface area (Å²) in [5.74, 6) is 0.542. The van der Waals surface area contributed by atoms with Crippen LogP contribution in [0.1, 0.15) is 28.3 Å². The molecule has 0 amide bonds. The van der Waals surface area contributed by atoms with Gasteiger partial charge in [-0.2, -0.15) is 0 Å². The monoisotopic (exact) mass is 291 g/mol. The van der Waals surface area contributed by atoms with Crippen molar-refractivity contribution in [2.75, 3.05) is 6.61 Å². The Bertz CT molecular complexity index is 672. The molecule has 2 nitrogen and oxygen atoms in total. The third-order valence-electron chi connectivity index (χ3n) is 3.67. The standard InChI is InChI=1S/C16H15ClFNO/c1-9-2-3-10(7-14(9)18)15(19)13-8-12(17)6-11-4-5-20-16(11)13/h2-3,6-8,15H,4-5,19H2,1H3.